The molecule has 0 saturated heterocycles. The second-order valence-electron chi connectivity index (χ2n) is 6.43. The summed E-state index contributed by atoms with van der Waals surface area (Å²) in [4.78, 5) is 14.9. The fourth-order valence-electron chi connectivity index (χ4n) is 3.33. The van der Waals surface area contributed by atoms with Gasteiger partial charge in [-0.2, -0.15) is 0 Å². The molecule has 1 unspecified atom stereocenters. The highest BCUT2D eigenvalue weighted by atomic mass is 35.5. The molecule has 0 aliphatic carbocycles. The molecule has 3 aromatic rings. The molecular weight excluding hydrogens is 344 g/mol. The first-order chi connectivity index (χ1) is 12.7. The zero-order valence-electron chi connectivity index (χ0n) is 14.2. The van der Waals surface area contributed by atoms with Gasteiger partial charge in [-0.25, -0.2) is 0 Å². The van der Waals surface area contributed by atoms with Crippen molar-refractivity contribution in [1.29, 1.82) is 0 Å². The summed E-state index contributed by atoms with van der Waals surface area (Å²) in [6.07, 6.45) is 0.354. The Morgan fingerprint density at radius 1 is 0.962 bits per heavy atom. The van der Waals surface area contributed by atoms with E-state index in [1.165, 1.54) is 5.56 Å². The largest absolute Gasteiger partial charge is 0.375 e. The van der Waals surface area contributed by atoms with Gasteiger partial charge in [-0.1, -0.05) is 66.2 Å². The van der Waals surface area contributed by atoms with E-state index in [0.29, 0.717) is 18.0 Å². The lowest BCUT2D eigenvalue weighted by molar-refractivity contribution is -0.118. The second-order valence-corrected chi connectivity index (χ2v) is 6.87. The molecule has 0 fully saturated rings. The predicted octanol–water partition coefficient (Wildman–Crippen LogP) is 5.08. The summed E-state index contributed by atoms with van der Waals surface area (Å²) >= 11 is 5.95. The molecule has 0 spiro atoms. The van der Waals surface area contributed by atoms with Gasteiger partial charge >= 0.3 is 0 Å². The molecule has 1 atom stereocenters. The highest BCUT2D eigenvalue weighted by Gasteiger charge is 2.28. The number of fused-ring (bicyclic) bond motifs is 1. The number of amides is 1. The second kappa shape index (κ2) is 7.22. The van der Waals surface area contributed by atoms with Crippen molar-refractivity contribution in [2.75, 3.05) is 16.8 Å². The molecule has 0 bridgehead atoms. The van der Waals surface area contributed by atoms with Crippen LogP contribution in [0.1, 0.15) is 17.2 Å². The normalized spacial score (nSPS) is 15.9. The van der Waals surface area contributed by atoms with E-state index in [2.05, 4.69) is 17.4 Å². The van der Waals surface area contributed by atoms with Crippen molar-refractivity contribution >= 4 is 28.9 Å². The molecule has 0 aromatic heterocycles. The van der Waals surface area contributed by atoms with Crippen LogP contribution in [0.25, 0.3) is 0 Å². The number of nitrogens with zero attached hydrogens (tertiary/aromatic N) is 1. The summed E-state index contributed by atoms with van der Waals surface area (Å²) in [5.41, 5.74) is 4.05. The molecule has 0 radical (unpaired) electrons. The Bertz CT molecular complexity index is 909. The zero-order valence-corrected chi connectivity index (χ0v) is 15.0. The van der Waals surface area contributed by atoms with E-state index < -0.39 is 0 Å². The molecule has 4 heteroatoms. The van der Waals surface area contributed by atoms with Crippen LogP contribution in [-0.4, -0.2) is 12.5 Å². The first-order valence-electron chi connectivity index (χ1n) is 8.66. The highest BCUT2D eigenvalue weighted by molar-refractivity contribution is 6.30. The number of carbonyl (C=O) groups is 1. The van der Waals surface area contributed by atoms with Gasteiger partial charge in [0.25, 0.3) is 0 Å². The molecule has 26 heavy (non-hydrogen) atoms. The first kappa shape index (κ1) is 16.7. The predicted molar refractivity (Wildman–Crippen MR) is 107 cm³/mol. The number of para-hydroxylation sites is 2. The SMILES string of the molecule is O=C(Cc1ccc(Cl)cc1)N1CC(c2ccccc2)Nc2ccccc21. The van der Waals surface area contributed by atoms with Crippen LogP contribution < -0.4 is 10.2 Å². The lowest BCUT2D eigenvalue weighted by Crippen LogP contribution is -2.41. The van der Waals surface area contributed by atoms with Gasteiger partial charge in [0.05, 0.1) is 30.4 Å². The summed E-state index contributed by atoms with van der Waals surface area (Å²) in [5.74, 6) is 0.0854. The quantitative estimate of drug-likeness (QED) is 0.704. The number of rotatable bonds is 3. The van der Waals surface area contributed by atoms with Crippen LogP contribution in [0.5, 0.6) is 0 Å². The van der Waals surface area contributed by atoms with Crippen molar-refractivity contribution in [3.63, 3.8) is 0 Å². The van der Waals surface area contributed by atoms with Crippen LogP contribution in [0.4, 0.5) is 11.4 Å². The topological polar surface area (TPSA) is 32.3 Å². The van der Waals surface area contributed by atoms with Crippen molar-refractivity contribution in [3.05, 3.63) is 95.0 Å². The van der Waals surface area contributed by atoms with E-state index in [4.69, 9.17) is 11.6 Å². The van der Waals surface area contributed by atoms with E-state index in [1.807, 2.05) is 71.6 Å². The van der Waals surface area contributed by atoms with Crippen LogP contribution >= 0.6 is 11.6 Å². The van der Waals surface area contributed by atoms with Gasteiger partial charge in [-0.05, 0) is 35.4 Å². The Balaban J connectivity index is 1.62. The smallest absolute Gasteiger partial charge is 0.231 e. The Kier molecular flexibility index (Phi) is 4.63. The summed E-state index contributed by atoms with van der Waals surface area (Å²) in [6, 6.07) is 25.7. The Hall–Kier alpha value is -2.78. The van der Waals surface area contributed by atoms with Crippen LogP contribution in [-0.2, 0) is 11.2 Å². The maximum Gasteiger partial charge on any atom is 0.231 e. The van der Waals surface area contributed by atoms with E-state index in [9.17, 15) is 4.79 Å². The molecule has 4 rings (SSSR count). The first-order valence-corrected chi connectivity index (χ1v) is 9.04. The van der Waals surface area contributed by atoms with Gasteiger partial charge in [-0.15, -0.1) is 0 Å². The van der Waals surface area contributed by atoms with Gasteiger partial charge in [0.1, 0.15) is 0 Å². The summed E-state index contributed by atoms with van der Waals surface area (Å²) in [7, 11) is 0. The van der Waals surface area contributed by atoms with Crippen molar-refractivity contribution in [3.8, 4) is 0 Å². The third-order valence-electron chi connectivity index (χ3n) is 4.66. The monoisotopic (exact) mass is 362 g/mol. The van der Waals surface area contributed by atoms with Crippen LogP contribution in [0.2, 0.25) is 5.02 Å². The number of nitrogens with one attached hydrogen (secondary N) is 1. The average molecular weight is 363 g/mol. The Morgan fingerprint density at radius 2 is 1.65 bits per heavy atom. The minimum absolute atomic E-state index is 0.0697. The number of hydrogen-bond acceptors (Lipinski definition) is 2. The maximum absolute atomic E-state index is 13.1. The van der Waals surface area contributed by atoms with Gasteiger partial charge in [0.2, 0.25) is 5.91 Å². The van der Waals surface area contributed by atoms with Gasteiger partial charge in [0, 0.05) is 5.02 Å². The number of anilines is 2. The Morgan fingerprint density at radius 3 is 2.42 bits per heavy atom. The van der Waals surface area contributed by atoms with Crippen molar-refractivity contribution in [2.45, 2.75) is 12.5 Å². The minimum Gasteiger partial charge on any atom is -0.375 e. The molecular formula is C22H19ClN2O. The molecule has 0 saturated carbocycles. The fourth-order valence-corrected chi connectivity index (χ4v) is 3.45. The lowest BCUT2D eigenvalue weighted by atomic mass is 10.0. The fraction of sp³-hybridized carbons (Fsp3) is 0.136. The molecule has 1 heterocycles. The van der Waals surface area contributed by atoms with Gasteiger partial charge in [-0.3, -0.25) is 4.79 Å². The lowest BCUT2D eigenvalue weighted by Gasteiger charge is -2.36. The van der Waals surface area contributed by atoms with Gasteiger partial charge in [0.15, 0.2) is 0 Å². The molecule has 1 N–H and O–H groups in total. The summed E-state index contributed by atoms with van der Waals surface area (Å²) < 4.78 is 0. The number of carbonyl (C=O) groups excluding carboxylic acids is 1. The maximum atomic E-state index is 13.1. The molecule has 3 aromatic carbocycles. The molecule has 1 amide bonds. The summed E-state index contributed by atoms with van der Waals surface area (Å²) in [5, 5.41) is 4.24. The number of halogens is 1. The van der Waals surface area contributed by atoms with E-state index in [0.717, 1.165) is 16.9 Å². The van der Waals surface area contributed by atoms with E-state index in [1.54, 1.807) is 0 Å². The third-order valence-corrected chi connectivity index (χ3v) is 4.91. The van der Waals surface area contributed by atoms with E-state index >= 15 is 0 Å². The Labute approximate surface area is 158 Å². The molecule has 130 valence electrons. The highest BCUT2D eigenvalue weighted by Crippen LogP contribution is 2.35. The summed E-state index contributed by atoms with van der Waals surface area (Å²) in [6.45, 7) is 0.605. The van der Waals surface area contributed by atoms with Crippen LogP contribution in [0, 0.1) is 0 Å². The standard InChI is InChI=1S/C22H19ClN2O/c23-18-12-10-16(11-13-18)14-22(26)25-15-20(17-6-2-1-3-7-17)24-19-8-4-5-9-21(19)25/h1-13,20,24H,14-15H2. The number of hydrogen-bond donors (Lipinski definition) is 1. The van der Waals surface area contributed by atoms with Crippen molar-refractivity contribution in [2.24, 2.45) is 0 Å². The zero-order chi connectivity index (χ0) is 17.9. The van der Waals surface area contributed by atoms with Crippen LogP contribution in [0.15, 0.2) is 78.9 Å². The average Bonchev–Trinajstić information content (AvgIpc) is 2.69. The number of benzene rings is 3. The third kappa shape index (κ3) is 3.44. The van der Waals surface area contributed by atoms with Crippen molar-refractivity contribution < 1.29 is 4.79 Å². The van der Waals surface area contributed by atoms with Crippen LogP contribution in [0.3, 0.4) is 0 Å². The molecule has 1 aliphatic heterocycles. The van der Waals surface area contributed by atoms with Crippen molar-refractivity contribution in [1.82, 2.24) is 0 Å². The minimum atomic E-state index is 0.0697. The van der Waals surface area contributed by atoms with E-state index in [-0.39, 0.29) is 11.9 Å². The van der Waals surface area contributed by atoms with Gasteiger partial charge < -0.3 is 10.2 Å². The molecule has 3 nitrogen and oxygen atoms in total. The molecule has 1 aliphatic rings.